The molecule has 0 atom stereocenters. The van der Waals surface area contributed by atoms with E-state index in [-0.39, 0.29) is 0 Å². The fraction of sp³-hybridized carbons (Fsp3) is 0. The molecule has 27 heavy (non-hydrogen) atoms. The van der Waals surface area contributed by atoms with Crippen LogP contribution in [0, 0.1) is 0 Å². The summed E-state index contributed by atoms with van der Waals surface area (Å²) < 4.78 is 0. The zero-order chi connectivity index (χ0) is 18.8. The number of nitrogen functional groups attached to an aromatic ring is 3. The lowest BCUT2D eigenvalue weighted by Gasteiger charge is -2.10. The fourth-order valence-electron chi connectivity index (χ4n) is 2.81. The van der Waals surface area contributed by atoms with Crippen molar-refractivity contribution < 1.29 is 0 Å². The third-order valence-corrected chi connectivity index (χ3v) is 4.31. The first-order chi connectivity index (χ1) is 13.1. The minimum Gasteiger partial charge on any atom is -0.399 e. The summed E-state index contributed by atoms with van der Waals surface area (Å²) in [5.74, 6) is 0.635. The number of rotatable bonds is 3. The minimum atomic E-state index is 0.635. The molecular weight excluding hydrogens is 334 g/mol. The minimum absolute atomic E-state index is 0.635. The second kappa shape index (κ2) is 6.80. The van der Waals surface area contributed by atoms with Crippen molar-refractivity contribution in [2.75, 3.05) is 17.2 Å². The second-order valence-corrected chi connectivity index (χ2v) is 6.33. The Morgan fingerprint density at radius 1 is 0.444 bits per heavy atom. The Morgan fingerprint density at radius 3 is 1.15 bits per heavy atom. The van der Waals surface area contributed by atoms with Crippen molar-refractivity contribution in [2.24, 2.45) is 0 Å². The van der Waals surface area contributed by atoms with Crippen molar-refractivity contribution in [3.05, 3.63) is 78.9 Å². The van der Waals surface area contributed by atoms with E-state index in [1.807, 2.05) is 78.9 Å². The Kier molecular flexibility index (Phi) is 4.18. The van der Waals surface area contributed by atoms with Gasteiger partial charge in [-0.25, -0.2) is 9.97 Å². The van der Waals surface area contributed by atoms with Crippen LogP contribution in [0.3, 0.4) is 0 Å². The third kappa shape index (κ3) is 3.57. The molecule has 0 aliphatic rings. The standard InChI is InChI=1S/C22H19N5/c23-17-7-1-14(2-8-17)20-13-21(15-3-9-18(24)10-4-15)27-22(26-20)16-5-11-19(25)12-6-16/h1-13H,23-25H2. The Morgan fingerprint density at radius 2 is 0.778 bits per heavy atom. The zero-order valence-electron chi connectivity index (χ0n) is 14.6. The van der Waals surface area contributed by atoms with Gasteiger partial charge in [0.15, 0.2) is 5.82 Å². The average Bonchev–Trinajstić information content (AvgIpc) is 2.69. The molecule has 0 spiro atoms. The van der Waals surface area contributed by atoms with Crippen molar-refractivity contribution in [1.82, 2.24) is 9.97 Å². The first-order valence-electron chi connectivity index (χ1n) is 8.55. The fourth-order valence-corrected chi connectivity index (χ4v) is 2.81. The highest BCUT2D eigenvalue weighted by molar-refractivity contribution is 5.73. The van der Waals surface area contributed by atoms with Crippen molar-refractivity contribution in [1.29, 1.82) is 0 Å². The summed E-state index contributed by atoms with van der Waals surface area (Å²) in [6, 6.07) is 24.8. The van der Waals surface area contributed by atoms with Gasteiger partial charge in [-0.15, -0.1) is 0 Å². The van der Waals surface area contributed by atoms with Crippen molar-refractivity contribution >= 4 is 17.1 Å². The van der Waals surface area contributed by atoms with Crippen LogP contribution < -0.4 is 17.2 Å². The Balaban J connectivity index is 1.89. The van der Waals surface area contributed by atoms with Gasteiger partial charge in [-0.1, -0.05) is 24.3 Å². The van der Waals surface area contributed by atoms with Crippen LogP contribution in [0.2, 0.25) is 0 Å². The maximum atomic E-state index is 5.82. The summed E-state index contributed by atoms with van der Waals surface area (Å²) in [5, 5.41) is 0. The van der Waals surface area contributed by atoms with E-state index in [9.17, 15) is 0 Å². The molecule has 6 N–H and O–H groups in total. The molecule has 4 rings (SSSR count). The van der Waals surface area contributed by atoms with Crippen molar-refractivity contribution in [3.63, 3.8) is 0 Å². The predicted octanol–water partition coefficient (Wildman–Crippen LogP) is 4.22. The van der Waals surface area contributed by atoms with E-state index in [4.69, 9.17) is 27.2 Å². The van der Waals surface area contributed by atoms with Crippen LogP contribution in [0.4, 0.5) is 17.1 Å². The molecule has 0 aliphatic heterocycles. The molecule has 132 valence electrons. The van der Waals surface area contributed by atoms with Gasteiger partial charge in [-0.05, 0) is 54.6 Å². The molecule has 0 fully saturated rings. The van der Waals surface area contributed by atoms with Gasteiger partial charge < -0.3 is 17.2 Å². The lowest BCUT2D eigenvalue weighted by molar-refractivity contribution is 1.18. The largest absolute Gasteiger partial charge is 0.399 e. The van der Waals surface area contributed by atoms with Gasteiger partial charge in [0.05, 0.1) is 11.4 Å². The number of hydrogen-bond donors (Lipinski definition) is 3. The molecule has 0 saturated heterocycles. The Labute approximate surface area is 157 Å². The normalized spacial score (nSPS) is 10.7. The van der Waals surface area contributed by atoms with Crippen molar-refractivity contribution in [2.45, 2.75) is 0 Å². The van der Waals surface area contributed by atoms with Gasteiger partial charge >= 0.3 is 0 Å². The molecule has 5 nitrogen and oxygen atoms in total. The highest BCUT2D eigenvalue weighted by atomic mass is 14.9. The molecule has 3 aromatic carbocycles. The highest BCUT2D eigenvalue weighted by Gasteiger charge is 2.10. The van der Waals surface area contributed by atoms with Crippen LogP contribution >= 0.6 is 0 Å². The third-order valence-electron chi connectivity index (χ3n) is 4.31. The van der Waals surface area contributed by atoms with E-state index in [2.05, 4.69) is 0 Å². The highest BCUT2D eigenvalue weighted by Crippen LogP contribution is 2.28. The number of benzene rings is 3. The lowest BCUT2D eigenvalue weighted by atomic mass is 10.1. The maximum Gasteiger partial charge on any atom is 0.160 e. The number of aromatic nitrogens is 2. The average molecular weight is 353 g/mol. The van der Waals surface area contributed by atoms with Gasteiger partial charge in [-0.3, -0.25) is 0 Å². The quantitative estimate of drug-likeness (QED) is 0.478. The molecule has 0 aliphatic carbocycles. The summed E-state index contributed by atoms with van der Waals surface area (Å²) in [6.45, 7) is 0. The zero-order valence-corrected chi connectivity index (χ0v) is 14.6. The van der Waals surface area contributed by atoms with Gasteiger partial charge in [0, 0.05) is 33.8 Å². The van der Waals surface area contributed by atoms with Crippen LogP contribution in [-0.4, -0.2) is 9.97 Å². The SMILES string of the molecule is Nc1ccc(-c2cc(-c3ccc(N)cc3)nc(-c3ccc(N)cc3)n2)cc1. The van der Waals surface area contributed by atoms with Crippen molar-refractivity contribution in [3.8, 4) is 33.9 Å². The molecule has 0 amide bonds. The van der Waals surface area contributed by atoms with Crippen LogP contribution in [0.15, 0.2) is 78.9 Å². The summed E-state index contributed by atoms with van der Waals surface area (Å²) in [7, 11) is 0. The van der Waals surface area contributed by atoms with E-state index in [1.165, 1.54) is 0 Å². The second-order valence-electron chi connectivity index (χ2n) is 6.33. The van der Waals surface area contributed by atoms with E-state index in [0.717, 1.165) is 28.1 Å². The molecule has 4 aromatic rings. The summed E-state index contributed by atoms with van der Waals surface area (Å²) in [6.07, 6.45) is 0. The molecule has 1 aromatic heterocycles. The van der Waals surface area contributed by atoms with Crippen LogP contribution in [-0.2, 0) is 0 Å². The molecule has 0 unspecified atom stereocenters. The van der Waals surface area contributed by atoms with Gasteiger partial charge in [0.1, 0.15) is 0 Å². The lowest BCUT2D eigenvalue weighted by Crippen LogP contribution is -1.96. The summed E-state index contributed by atoms with van der Waals surface area (Å²) in [5.41, 5.74) is 24.1. The maximum absolute atomic E-state index is 5.82. The summed E-state index contributed by atoms with van der Waals surface area (Å²) in [4.78, 5) is 9.52. The van der Waals surface area contributed by atoms with Crippen LogP contribution in [0.25, 0.3) is 33.9 Å². The smallest absolute Gasteiger partial charge is 0.160 e. The molecule has 0 radical (unpaired) electrons. The van der Waals surface area contributed by atoms with Crippen LogP contribution in [0.1, 0.15) is 0 Å². The van der Waals surface area contributed by atoms with Crippen LogP contribution in [0.5, 0.6) is 0 Å². The first-order valence-corrected chi connectivity index (χ1v) is 8.55. The first kappa shape index (κ1) is 16.6. The Hall–Kier alpha value is -3.86. The number of hydrogen-bond acceptors (Lipinski definition) is 5. The van der Waals surface area contributed by atoms with Gasteiger partial charge in [0.2, 0.25) is 0 Å². The topological polar surface area (TPSA) is 104 Å². The molecule has 1 heterocycles. The molecule has 5 heteroatoms. The Bertz CT molecular complexity index is 915. The van der Waals surface area contributed by atoms with Gasteiger partial charge in [-0.2, -0.15) is 0 Å². The van der Waals surface area contributed by atoms with Gasteiger partial charge in [0.25, 0.3) is 0 Å². The van der Waals surface area contributed by atoms with E-state index >= 15 is 0 Å². The number of nitrogens with zero attached hydrogens (tertiary/aromatic N) is 2. The predicted molar refractivity (Wildman–Crippen MR) is 112 cm³/mol. The monoisotopic (exact) mass is 353 g/mol. The number of nitrogens with two attached hydrogens (primary N) is 3. The summed E-state index contributed by atoms with van der Waals surface area (Å²) >= 11 is 0. The molecule has 0 bridgehead atoms. The number of anilines is 3. The van der Waals surface area contributed by atoms with E-state index in [1.54, 1.807) is 0 Å². The molecule has 0 saturated carbocycles. The van der Waals surface area contributed by atoms with E-state index in [0.29, 0.717) is 22.9 Å². The molecular formula is C22H19N5. The van der Waals surface area contributed by atoms with E-state index < -0.39 is 0 Å².